The molecule has 2 aliphatic rings. The normalized spacial score (nSPS) is 15.9. The Hall–Kier alpha value is -2.03. The molecule has 0 fully saturated rings. The van der Waals surface area contributed by atoms with Gasteiger partial charge in [0.15, 0.2) is 0 Å². The quantitative estimate of drug-likeness (QED) is 0.571. The molecule has 0 N–H and O–H groups in total. The summed E-state index contributed by atoms with van der Waals surface area (Å²) in [6, 6.07) is 3.86. The van der Waals surface area contributed by atoms with Gasteiger partial charge in [0.25, 0.3) is 5.91 Å². The predicted molar refractivity (Wildman–Crippen MR) is 53.9 cm³/mol. The third kappa shape index (κ3) is 0.893. The smallest absolute Gasteiger partial charge is 0.266 e. The van der Waals surface area contributed by atoms with Crippen LogP contribution >= 0.6 is 0 Å². The largest absolute Gasteiger partial charge is 0.288 e. The lowest BCUT2D eigenvalue weighted by Gasteiger charge is -2.01. The van der Waals surface area contributed by atoms with E-state index in [1.165, 1.54) is 6.21 Å². The second-order valence-corrected chi connectivity index (χ2v) is 3.17. The van der Waals surface area contributed by atoms with E-state index in [9.17, 15) is 4.79 Å². The number of carbonyl (C=O) groups excluding carboxylic acids is 1. The number of benzene rings is 1. The van der Waals surface area contributed by atoms with E-state index >= 15 is 0 Å². The molecular formula is C11H6N2O. The van der Waals surface area contributed by atoms with Gasteiger partial charge in [0.1, 0.15) is 5.36 Å². The van der Waals surface area contributed by atoms with Crippen LogP contribution in [-0.2, 0) is 4.79 Å². The molecule has 0 bridgehead atoms. The molecule has 0 saturated heterocycles. The number of carbonyl (C=O) groups is 1. The molecule has 0 aromatic heterocycles. The molecule has 1 aliphatic carbocycles. The first-order valence-electron chi connectivity index (χ1n) is 4.33. The zero-order valence-electron chi connectivity index (χ0n) is 7.27. The minimum Gasteiger partial charge on any atom is -0.266 e. The highest BCUT2D eigenvalue weighted by Gasteiger charge is 2.08. The fraction of sp³-hybridized carbons (Fsp3) is 0. The number of hydrogen-bond donors (Lipinski definition) is 0. The Labute approximate surface area is 79.8 Å². The summed E-state index contributed by atoms with van der Waals surface area (Å²) in [7, 11) is 0. The van der Waals surface area contributed by atoms with Crippen LogP contribution in [0.15, 0.2) is 28.2 Å². The molecule has 14 heavy (non-hydrogen) atoms. The highest BCUT2D eigenvalue weighted by atomic mass is 16.1. The monoisotopic (exact) mass is 182 g/mol. The van der Waals surface area contributed by atoms with E-state index in [1.54, 1.807) is 0 Å². The maximum Gasteiger partial charge on any atom is 0.288 e. The Bertz CT molecular complexity index is 609. The van der Waals surface area contributed by atoms with Gasteiger partial charge in [0, 0.05) is 5.22 Å². The maximum absolute atomic E-state index is 11.1. The van der Waals surface area contributed by atoms with Gasteiger partial charge >= 0.3 is 0 Å². The first-order valence-corrected chi connectivity index (χ1v) is 4.33. The minimum atomic E-state index is -0.286. The Morgan fingerprint density at radius 2 is 2.14 bits per heavy atom. The SMILES string of the molecule is O=C1C=Nc2ccc3c(c2=N1)=CC=C3. The van der Waals surface area contributed by atoms with Crippen molar-refractivity contribution < 1.29 is 4.79 Å². The highest BCUT2D eigenvalue weighted by Crippen LogP contribution is 2.09. The van der Waals surface area contributed by atoms with Crippen molar-refractivity contribution >= 4 is 30.0 Å². The number of hydrogen-bond acceptors (Lipinski definition) is 2. The van der Waals surface area contributed by atoms with Gasteiger partial charge in [-0.2, -0.15) is 0 Å². The lowest BCUT2D eigenvalue weighted by molar-refractivity contribution is -0.111. The van der Waals surface area contributed by atoms with Crippen molar-refractivity contribution in [2.75, 3.05) is 0 Å². The third-order valence-corrected chi connectivity index (χ3v) is 2.30. The molecule has 1 aromatic rings. The molecular weight excluding hydrogens is 176 g/mol. The van der Waals surface area contributed by atoms with Crippen LogP contribution in [0.25, 0.3) is 12.2 Å². The van der Waals surface area contributed by atoms with Crippen molar-refractivity contribution in [2.24, 2.45) is 9.98 Å². The van der Waals surface area contributed by atoms with Gasteiger partial charge in [-0.1, -0.05) is 24.3 Å². The Kier molecular flexibility index (Phi) is 1.31. The predicted octanol–water partition coefficient (Wildman–Crippen LogP) is 0.356. The fourth-order valence-electron chi connectivity index (χ4n) is 1.67. The van der Waals surface area contributed by atoms with Crippen molar-refractivity contribution in [3.05, 3.63) is 34.3 Å². The first kappa shape index (κ1) is 7.38. The summed E-state index contributed by atoms with van der Waals surface area (Å²) in [4.78, 5) is 19.1. The molecule has 3 nitrogen and oxygen atoms in total. The third-order valence-electron chi connectivity index (χ3n) is 2.30. The molecule has 0 spiro atoms. The van der Waals surface area contributed by atoms with Gasteiger partial charge < -0.3 is 0 Å². The van der Waals surface area contributed by atoms with Crippen LogP contribution in [0.5, 0.6) is 0 Å². The minimum absolute atomic E-state index is 0.286. The molecule has 3 rings (SSSR count). The topological polar surface area (TPSA) is 41.8 Å². The number of aliphatic imine (C=N–C) groups is 1. The van der Waals surface area contributed by atoms with E-state index in [0.29, 0.717) is 5.36 Å². The van der Waals surface area contributed by atoms with E-state index in [2.05, 4.69) is 9.98 Å². The van der Waals surface area contributed by atoms with Gasteiger partial charge in [-0.15, -0.1) is 0 Å². The molecule has 1 amide bonds. The molecule has 1 heterocycles. The highest BCUT2D eigenvalue weighted by molar-refractivity contribution is 6.27. The molecule has 0 atom stereocenters. The van der Waals surface area contributed by atoms with Crippen LogP contribution in [0.3, 0.4) is 0 Å². The standard InChI is InChI=1S/C11H6N2O/c14-10-6-12-9-5-4-7-2-1-3-8(7)11(9)13-10/h1-6H. The van der Waals surface area contributed by atoms with Crippen molar-refractivity contribution in [2.45, 2.75) is 0 Å². The Morgan fingerprint density at radius 3 is 3.07 bits per heavy atom. The van der Waals surface area contributed by atoms with Crippen LogP contribution < -0.4 is 10.6 Å². The molecule has 0 radical (unpaired) electrons. The van der Waals surface area contributed by atoms with Gasteiger partial charge in [-0.3, -0.25) is 4.79 Å². The zero-order valence-corrected chi connectivity index (χ0v) is 7.27. The van der Waals surface area contributed by atoms with E-state index in [1.807, 2.05) is 30.4 Å². The number of allylic oxidation sites excluding steroid dienone is 1. The van der Waals surface area contributed by atoms with E-state index in [0.717, 1.165) is 16.5 Å². The first-order chi connectivity index (χ1) is 6.84. The summed E-state index contributed by atoms with van der Waals surface area (Å²) in [6.07, 6.45) is 7.14. The average Bonchev–Trinajstić information content (AvgIpc) is 2.65. The molecule has 0 saturated carbocycles. The molecule has 3 heteroatoms. The van der Waals surface area contributed by atoms with E-state index in [4.69, 9.17) is 0 Å². The summed E-state index contributed by atoms with van der Waals surface area (Å²) in [6.45, 7) is 0. The van der Waals surface area contributed by atoms with Gasteiger partial charge in [0.05, 0.1) is 11.9 Å². The molecule has 1 aliphatic heterocycles. The number of rotatable bonds is 0. The average molecular weight is 182 g/mol. The lowest BCUT2D eigenvalue weighted by Crippen LogP contribution is -2.29. The molecule has 66 valence electrons. The summed E-state index contributed by atoms with van der Waals surface area (Å²) < 4.78 is 0. The van der Waals surface area contributed by atoms with Crippen LogP contribution in [0.2, 0.25) is 0 Å². The van der Waals surface area contributed by atoms with Gasteiger partial charge in [-0.25, -0.2) is 9.98 Å². The van der Waals surface area contributed by atoms with E-state index in [-0.39, 0.29) is 5.91 Å². The van der Waals surface area contributed by atoms with Crippen LogP contribution in [0.4, 0.5) is 5.69 Å². The summed E-state index contributed by atoms with van der Waals surface area (Å²) in [5.41, 5.74) is 1.86. The molecule has 1 aromatic carbocycles. The maximum atomic E-state index is 11.1. The van der Waals surface area contributed by atoms with Gasteiger partial charge in [-0.05, 0) is 11.6 Å². The van der Waals surface area contributed by atoms with Crippen molar-refractivity contribution in [3.8, 4) is 0 Å². The van der Waals surface area contributed by atoms with Crippen molar-refractivity contribution in [1.82, 2.24) is 0 Å². The summed E-state index contributed by atoms with van der Waals surface area (Å²) in [5, 5.41) is 1.69. The second-order valence-electron chi connectivity index (χ2n) is 3.17. The summed E-state index contributed by atoms with van der Waals surface area (Å²) in [5.74, 6) is -0.286. The Morgan fingerprint density at radius 1 is 1.21 bits per heavy atom. The fourth-order valence-corrected chi connectivity index (χ4v) is 1.67. The van der Waals surface area contributed by atoms with Crippen LogP contribution in [0.1, 0.15) is 5.56 Å². The van der Waals surface area contributed by atoms with E-state index < -0.39 is 0 Å². The van der Waals surface area contributed by atoms with Gasteiger partial charge in [0.2, 0.25) is 0 Å². The zero-order chi connectivity index (χ0) is 9.54. The van der Waals surface area contributed by atoms with Crippen LogP contribution in [-0.4, -0.2) is 12.1 Å². The van der Waals surface area contributed by atoms with Crippen molar-refractivity contribution in [1.29, 1.82) is 0 Å². The number of fused-ring (bicyclic) bond motifs is 3. The van der Waals surface area contributed by atoms with Crippen LogP contribution in [0, 0.1) is 0 Å². The lowest BCUT2D eigenvalue weighted by atomic mass is 10.1. The second kappa shape index (κ2) is 2.48. The molecule has 0 unspecified atom stereocenters. The number of nitrogens with zero attached hydrogens (tertiary/aromatic N) is 2. The Balaban J connectivity index is 2.51. The number of amides is 1. The van der Waals surface area contributed by atoms with Crippen molar-refractivity contribution in [3.63, 3.8) is 0 Å². The summed E-state index contributed by atoms with van der Waals surface area (Å²) >= 11 is 0.